The zero-order valence-electron chi connectivity index (χ0n) is 12.8. The van der Waals surface area contributed by atoms with Crippen molar-refractivity contribution in [2.75, 3.05) is 13.7 Å². The number of hydrogen-bond acceptors (Lipinski definition) is 3. The van der Waals surface area contributed by atoms with E-state index in [1.54, 1.807) is 7.11 Å². The summed E-state index contributed by atoms with van der Waals surface area (Å²) in [4.78, 5) is 11.7. The maximum atomic E-state index is 11.7. The number of methoxy groups -OCH3 is 1. The molecule has 20 heavy (non-hydrogen) atoms. The Labute approximate surface area is 121 Å². The minimum absolute atomic E-state index is 0.0875. The first-order valence-corrected chi connectivity index (χ1v) is 7.09. The summed E-state index contributed by atoms with van der Waals surface area (Å²) in [6.07, 6.45) is 1.20. The first-order valence-electron chi connectivity index (χ1n) is 7.09. The van der Waals surface area contributed by atoms with Crippen molar-refractivity contribution in [2.24, 2.45) is 5.92 Å². The van der Waals surface area contributed by atoms with Gasteiger partial charge in [-0.05, 0) is 43.5 Å². The van der Waals surface area contributed by atoms with E-state index in [9.17, 15) is 4.79 Å². The van der Waals surface area contributed by atoms with E-state index in [4.69, 9.17) is 9.47 Å². The third-order valence-electron chi connectivity index (χ3n) is 3.26. The van der Waals surface area contributed by atoms with Gasteiger partial charge in [0.25, 0.3) is 0 Å². The van der Waals surface area contributed by atoms with Crippen molar-refractivity contribution in [1.82, 2.24) is 5.32 Å². The van der Waals surface area contributed by atoms with Gasteiger partial charge >= 0.3 is 0 Å². The molecule has 0 bridgehead atoms. The normalized spacial score (nSPS) is 12.1. The average Bonchev–Trinajstić information content (AvgIpc) is 2.44. The molecule has 1 aromatic rings. The molecule has 0 heterocycles. The molecule has 0 fully saturated rings. The van der Waals surface area contributed by atoms with Gasteiger partial charge in [-0.3, -0.25) is 4.79 Å². The largest absolute Gasteiger partial charge is 0.497 e. The topological polar surface area (TPSA) is 47.6 Å². The number of ether oxygens (including phenoxy) is 2. The van der Waals surface area contributed by atoms with Crippen molar-refractivity contribution in [3.63, 3.8) is 0 Å². The maximum absolute atomic E-state index is 11.7. The van der Waals surface area contributed by atoms with Crippen LogP contribution in [-0.2, 0) is 4.79 Å². The van der Waals surface area contributed by atoms with Gasteiger partial charge in [0.1, 0.15) is 11.5 Å². The predicted octanol–water partition coefficient (Wildman–Crippen LogP) is 3.01. The second-order valence-electron chi connectivity index (χ2n) is 5.23. The molecule has 1 N–H and O–H groups in total. The second kappa shape index (κ2) is 8.46. The molecule has 1 rings (SSSR count). The summed E-state index contributed by atoms with van der Waals surface area (Å²) < 4.78 is 10.6. The molecule has 1 amide bonds. The van der Waals surface area contributed by atoms with E-state index in [0.717, 1.165) is 11.5 Å². The van der Waals surface area contributed by atoms with Crippen molar-refractivity contribution in [3.8, 4) is 11.5 Å². The maximum Gasteiger partial charge on any atom is 0.220 e. The van der Waals surface area contributed by atoms with Crippen molar-refractivity contribution in [3.05, 3.63) is 24.3 Å². The number of carbonyl (C=O) groups is 1. The SMILES string of the molecule is COc1ccc(OCCCC(=O)N[C@H](C)C(C)C)cc1. The van der Waals surface area contributed by atoms with Crippen LogP contribution in [0.5, 0.6) is 11.5 Å². The van der Waals surface area contributed by atoms with Crippen LogP contribution in [0.3, 0.4) is 0 Å². The summed E-state index contributed by atoms with van der Waals surface area (Å²) >= 11 is 0. The number of benzene rings is 1. The van der Waals surface area contributed by atoms with Crippen LogP contribution in [0.1, 0.15) is 33.6 Å². The Morgan fingerprint density at radius 1 is 1.15 bits per heavy atom. The molecule has 0 radical (unpaired) electrons. The van der Waals surface area contributed by atoms with Gasteiger partial charge in [-0.25, -0.2) is 0 Å². The van der Waals surface area contributed by atoms with Crippen LogP contribution in [0.4, 0.5) is 0 Å². The van der Waals surface area contributed by atoms with Gasteiger partial charge in [-0.15, -0.1) is 0 Å². The highest BCUT2D eigenvalue weighted by Gasteiger charge is 2.10. The summed E-state index contributed by atoms with van der Waals surface area (Å²) in [6.45, 7) is 6.75. The Balaban J connectivity index is 2.19. The van der Waals surface area contributed by atoms with E-state index >= 15 is 0 Å². The van der Waals surface area contributed by atoms with Crippen molar-refractivity contribution in [1.29, 1.82) is 0 Å². The summed E-state index contributed by atoms with van der Waals surface area (Å²) in [7, 11) is 1.63. The van der Waals surface area contributed by atoms with Crippen LogP contribution in [0.2, 0.25) is 0 Å². The van der Waals surface area contributed by atoms with Crippen LogP contribution < -0.4 is 14.8 Å². The van der Waals surface area contributed by atoms with Gasteiger partial charge < -0.3 is 14.8 Å². The Kier molecular flexibility index (Phi) is 6.91. The van der Waals surface area contributed by atoms with E-state index in [0.29, 0.717) is 25.4 Å². The lowest BCUT2D eigenvalue weighted by Gasteiger charge is -2.17. The van der Waals surface area contributed by atoms with Gasteiger partial charge in [-0.1, -0.05) is 13.8 Å². The lowest BCUT2D eigenvalue weighted by Crippen LogP contribution is -2.36. The zero-order chi connectivity index (χ0) is 15.0. The Hall–Kier alpha value is -1.71. The number of nitrogens with one attached hydrogen (secondary N) is 1. The fraction of sp³-hybridized carbons (Fsp3) is 0.562. The van der Waals surface area contributed by atoms with Crippen molar-refractivity contribution in [2.45, 2.75) is 39.7 Å². The molecular weight excluding hydrogens is 254 g/mol. The fourth-order valence-electron chi connectivity index (χ4n) is 1.59. The Morgan fingerprint density at radius 3 is 2.30 bits per heavy atom. The molecule has 0 aliphatic heterocycles. The number of amides is 1. The molecule has 4 heteroatoms. The first kappa shape index (κ1) is 16.3. The standard InChI is InChI=1S/C16H25NO3/c1-12(2)13(3)17-16(18)6-5-11-20-15-9-7-14(19-4)8-10-15/h7-10,12-13H,5-6,11H2,1-4H3,(H,17,18)/t13-/m1/s1. The van der Waals surface area contributed by atoms with Crippen molar-refractivity contribution < 1.29 is 14.3 Å². The van der Waals surface area contributed by atoms with Gasteiger partial charge in [0.05, 0.1) is 13.7 Å². The first-order chi connectivity index (χ1) is 9.52. The van der Waals surface area contributed by atoms with E-state index in [-0.39, 0.29) is 11.9 Å². The monoisotopic (exact) mass is 279 g/mol. The fourth-order valence-corrected chi connectivity index (χ4v) is 1.59. The molecule has 0 saturated carbocycles. The van der Waals surface area contributed by atoms with Gasteiger partial charge in [-0.2, -0.15) is 0 Å². The minimum atomic E-state index is 0.0875. The molecule has 0 aliphatic carbocycles. The molecule has 1 aromatic carbocycles. The molecule has 112 valence electrons. The Bertz CT molecular complexity index is 401. The van der Waals surface area contributed by atoms with Crippen LogP contribution in [-0.4, -0.2) is 25.7 Å². The minimum Gasteiger partial charge on any atom is -0.497 e. The average molecular weight is 279 g/mol. The van der Waals surface area contributed by atoms with Crippen LogP contribution in [0.15, 0.2) is 24.3 Å². The molecule has 0 unspecified atom stereocenters. The van der Waals surface area contributed by atoms with Gasteiger partial charge in [0.2, 0.25) is 5.91 Å². The van der Waals surface area contributed by atoms with Crippen LogP contribution in [0, 0.1) is 5.92 Å². The molecular formula is C16H25NO3. The van der Waals surface area contributed by atoms with Crippen molar-refractivity contribution >= 4 is 5.91 Å². The lowest BCUT2D eigenvalue weighted by atomic mass is 10.1. The van der Waals surface area contributed by atoms with E-state index in [1.807, 2.05) is 31.2 Å². The highest BCUT2D eigenvalue weighted by Crippen LogP contribution is 2.17. The summed E-state index contributed by atoms with van der Waals surface area (Å²) in [5.41, 5.74) is 0. The molecule has 0 spiro atoms. The summed E-state index contributed by atoms with van der Waals surface area (Å²) in [5.74, 6) is 2.14. The number of carbonyl (C=O) groups excluding carboxylic acids is 1. The smallest absolute Gasteiger partial charge is 0.220 e. The Morgan fingerprint density at radius 2 is 1.75 bits per heavy atom. The molecule has 1 atom stereocenters. The third kappa shape index (κ3) is 5.95. The molecule has 0 aliphatic rings. The summed E-state index contributed by atoms with van der Waals surface area (Å²) in [5, 5.41) is 2.98. The van der Waals surface area contributed by atoms with Crippen LogP contribution in [0.25, 0.3) is 0 Å². The van der Waals surface area contributed by atoms with Crippen LogP contribution >= 0.6 is 0 Å². The number of rotatable bonds is 8. The molecule has 0 saturated heterocycles. The number of hydrogen-bond donors (Lipinski definition) is 1. The summed E-state index contributed by atoms with van der Waals surface area (Å²) in [6, 6.07) is 7.64. The zero-order valence-corrected chi connectivity index (χ0v) is 12.8. The third-order valence-corrected chi connectivity index (χ3v) is 3.26. The lowest BCUT2D eigenvalue weighted by molar-refractivity contribution is -0.122. The predicted molar refractivity (Wildman–Crippen MR) is 80.2 cm³/mol. The highest BCUT2D eigenvalue weighted by atomic mass is 16.5. The van der Waals surface area contributed by atoms with E-state index in [1.165, 1.54) is 0 Å². The second-order valence-corrected chi connectivity index (χ2v) is 5.23. The highest BCUT2D eigenvalue weighted by molar-refractivity contribution is 5.76. The van der Waals surface area contributed by atoms with Gasteiger partial charge in [0.15, 0.2) is 0 Å². The molecule has 0 aromatic heterocycles. The van der Waals surface area contributed by atoms with E-state index < -0.39 is 0 Å². The van der Waals surface area contributed by atoms with E-state index in [2.05, 4.69) is 19.2 Å². The molecule has 4 nitrogen and oxygen atoms in total. The quantitative estimate of drug-likeness (QED) is 0.744. The van der Waals surface area contributed by atoms with Gasteiger partial charge in [0, 0.05) is 12.5 Å².